The highest BCUT2D eigenvalue weighted by Gasteiger charge is 2.46. The number of hydrogen-bond donors (Lipinski definition) is 6. The number of Topliss-reactive ketones (excluding diaryl/α,β-unsaturated/α-hetero) is 2. The van der Waals surface area contributed by atoms with E-state index in [1.54, 1.807) is 27.8 Å². The molecule has 92 heavy (non-hydrogen) atoms. The minimum atomic E-state index is -5.77. The third-order valence-corrected chi connectivity index (χ3v) is 22.8. The number of H-pyrrole nitrogens is 1. The molecule has 3 aliphatic heterocycles. The largest absolute Gasteiger partial charge is 0.490 e. The summed E-state index contributed by atoms with van der Waals surface area (Å²) in [6.07, 6.45) is 21.7. The number of ketones is 2. The number of allylic oxidation sites excluding steroid dienone is 6. The number of nitrogens with two attached hydrogens (primary N) is 1. The normalized spacial score (nSPS) is 19.8. The van der Waals surface area contributed by atoms with Gasteiger partial charge in [-0.3, -0.25) is 23.9 Å². The molecule has 22 nitrogen and oxygen atoms in total. The van der Waals surface area contributed by atoms with Crippen LogP contribution in [0.3, 0.4) is 0 Å². The van der Waals surface area contributed by atoms with Crippen LogP contribution >= 0.6 is 45.1 Å². The summed E-state index contributed by atoms with van der Waals surface area (Å²) in [5.74, 6) is 7.77. The van der Waals surface area contributed by atoms with Crippen molar-refractivity contribution in [1.29, 1.82) is 0 Å². The Kier molecular flexibility index (Phi) is 28.3. The van der Waals surface area contributed by atoms with Crippen LogP contribution in [0.15, 0.2) is 89.5 Å². The number of aryl methyl sites for hydroxylation is 1. The van der Waals surface area contributed by atoms with Gasteiger partial charge in [0.15, 0.2) is 11.4 Å². The van der Waals surface area contributed by atoms with Crippen LogP contribution in [-0.2, 0) is 82.1 Å². The molecule has 0 saturated carbocycles. The maximum atomic E-state index is 13.2. The number of likely N-dealkylation sites (N-methyl/N-ethyl adjacent to an activating group) is 1. The van der Waals surface area contributed by atoms with Crippen molar-refractivity contribution in [3.05, 3.63) is 117 Å². The van der Waals surface area contributed by atoms with Gasteiger partial charge in [0.2, 0.25) is 11.6 Å². The molecule has 7 N–H and O–H groups in total. The quantitative estimate of drug-likeness (QED) is 0.00462. The number of aromatic amines is 1. The maximum absolute atomic E-state index is 13.2. The Labute approximate surface area is 554 Å². The van der Waals surface area contributed by atoms with Crippen LogP contribution in [0, 0.1) is 18.8 Å². The van der Waals surface area contributed by atoms with Gasteiger partial charge in [0.1, 0.15) is 36.4 Å². The highest BCUT2D eigenvalue weighted by atomic mass is 33.1. The average Bonchev–Trinajstić information content (AvgIpc) is 1.62. The molecule has 504 valence electrons. The van der Waals surface area contributed by atoms with Crippen molar-refractivity contribution in [1.82, 2.24) is 14.5 Å². The van der Waals surface area contributed by atoms with Crippen molar-refractivity contribution in [3.63, 3.8) is 0 Å². The number of rotatable bonds is 38. The van der Waals surface area contributed by atoms with Gasteiger partial charge >= 0.3 is 23.5 Å². The third kappa shape index (κ3) is 21.7. The third-order valence-electron chi connectivity index (χ3n) is 16.1. The smallest absolute Gasteiger partial charge is 0.370 e. The number of para-hydroxylation sites is 1. The molecule has 0 spiro atoms. The van der Waals surface area contributed by atoms with Gasteiger partial charge in [-0.05, 0) is 107 Å². The molecule has 2 aromatic heterocycles. The van der Waals surface area contributed by atoms with E-state index in [1.807, 2.05) is 0 Å². The van der Waals surface area contributed by atoms with Crippen molar-refractivity contribution in [2.45, 2.75) is 167 Å². The lowest BCUT2D eigenvalue weighted by Crippen LogP contribution is -2.29. The molecule has 5 heterocycles. The zero-order valence-electron chi connectivity index (χ0n) is 53.3. The van der Waals surface area contributed by atoms with E-state index in [4.69, 9.17) is 45.4 Å². The Bertz CT molecular complexity index is 3680. The highest BCUT2D eigenvalue weighted by Crippen LogP contribution is 2.66. The van der Waals surface area contributed by atoms with Crippen LogP contribution in [0.1, 0.15) is 159 Å². The Balaban J connectivity index is 0.737. The van der Waals surface area contributed by atoms with Gasteiger partial charge in [0.05, 0.1) is 35.0 Å². The van der Waals surface area contributed by atoms with Crippen molar-refractivity contribution in [2.75, 3.05) is 60.8 Å². The lowest BCUT2D eigenvalue weighted by molar-refractivity contribution is -0.438. The summed E-state index contributed by atoms with van der Waals surface area (Å²) in [4.78, 5) is 85.3. The second-order valence-electron chi connectivity index (χ2n) is 23.9. The number of nitrogen functional groups attached to an aromatic ring is 1. The van der Waals surface area contributed by atoms with Crippen LogP contribution in [0.2, 0.25) is 0 Å². The van der Waals surface area contributed by atoms with Gasteiger partial charge in [-0.1, -0.05) is 118 Å². The van der Waals surface area contributed by atoms with E-state index in [0.717, 1.165) is 76.6 Å². The summed E-state index contributed by atoms with van der Waals surface area (Å²) in [6, 6.07) is 15.5. The monoisotopic (exact) mass is 1410 g/mol. The molecular formula is C63H88N6O16P3S4+. The summed E-state index contributed by atoms with van der Waals surface area (Å²) in [5, 5.41) is 0.0885. The molecule has 2 aromatic carbocycles. The van der Waals surface area contributed by atoms with Gasteiger partial charge in [-0.25, -0.2) is 13.7 Å². The van der Waals surface area contributed by atoms with Crippen LogP contribution in [0.4, 0.5) is 17.3 Å². The summed E-state index contributed by atoms with van der Waals surface area (Å²) < 4.78 is 69.7. The van der Waals surface area contributed by atoms with Crippen molar-refractivity contribution >= 4 is 111 Å². The molecule has 0 amide bonds. The lowest BCUT2D eigenvalue weighted by atomic mass is 9.81. The van der Waals surface area contributed by atoms with Crippen molar-refractivity contribution < 1.29 is 74.8 Å². The van der Waals surface area contributed by atoms with Gasteiger partial charge in [0.25, 0.3) is 5.56 Å². The number of hydrogen-bond acceptors (Lipinski definition) is 18. The van der Waals surface area contributed by atoms with Crippen LogP contribution in [-0.4, -0.2) is 118 Å². The number of aromatic nitrogens is 3. The van der Waals surface area contributed by atoms with Crippen LogP contribution < -0.4 is 16.2 Å². The number of phosphoric acid groups is 3. The van der Waals surface area contributed by atoms with E-state index in [9.17, 15) is 37.9 Å². The van der Waals surface area contributed by atoms with Crippen LogP contribution in [0.25, 0.3) is 11.0 Å². The SMILES string of the molecule is CCN1\C(=C/C=C/C=C/C2=[N+](CCCCCC(=O)CCCCSSCOCCCCCCC(=O)CCC#Cc3cn([C@H]4C[C@H](OCS(C)=S)[C@@H](COP(=O)(O)OP(=O)(O)OP(=O)(O)O)O4)c4nc(N)[nH]c(=O)c34)c3ccc(C)cc3C2(C)C)C(C)(C)c2ccccc21. The molecule has 0 bridgehead atoms. The number of nitrogens with zero attached hydrogens (tertiary/aromatic N) is 4. The van der Waals surface area contributed by atoms with Crippen molar-refractivity contribution in [3.8, 4) is 11.8 Å². The fraction of sp³-hybridized carbons (Fsp3) is 0.540. The Hall–Kier alpha value is -4.19. The van der Waals surface area contributed by atoms with E-state index < -0.39 is 63.5 Å². The van der Waals surface area contributed by atoms with Gasteiger partial charge in [-0.15, -0.1) is 0 Å². The highest BCUT2D eigenvalue weighted by molar-refractivity contribution is 8.76. The van der Waals surface area contributed by atoms with Crippen LogP contribution in [0.5, 0.6) is 0 Å². The first-order valence-electron chi connectivity index (χ1n) is 30.9. The summed E-state index contributed by atoms with van der Waals surface area (Å²) in [6.45, 7) is 15.3. The summed E-state index contributed by atoms with van der Waals surface area (Å²) in [5.41, 5.74) is 14.6. The number of phosphoric ester groups is 1. The number of unbranched alkanes of at least 4 members (excludes halogenated alkanes) is 6. The van der Waals surface area contributed by atoms with Gasteiger partial charge < -0.3 is 49.0 Å². The van der Waals surface area contributed by atoms with Gasteiger partial charge in [0, 0.05) is 105 Å². The lowest BCUT2D eigenvalue weighted by Gasteiger charge is -2.25. The molecule has 4 aromatic rings. The van der Waals surface area contributed by atoms with E-state index in [-0.39, 0.29) is 64.4 Å². The molecule has 7 rings (SSSR count). The zero-order valence-corrected chi connectivity index (χ0v) is 59.3. The second kappa shape index (κ2) is 34.7. The molecule has 1 saturated heterocycles. The fourth-order valence-electron chi connectivity index (χ4n) is 11.6. The molecule has 0 radical (unpaired) electrons. The maximum Gasteiger partial charge on any atom is 0.490 e. The number of nitrogens with one attached hydrogen (secondary N) is 1. The first-order valence-corrected chi connectivity index (χ1v) is 40.6. The molecule has 29 heteroatoms. The van der Waals surface area contributed by atoms with E-state index in [1.165, 1.54) is 50.2 Å². The molecule has 6 atom stereocenters. The minimum absolute atomic E-state index is 0.0547. The second-order valence-corrected chi connectivity index (χ2v) is 33.9. The van der Waals surface area contributed by atoms with E-state index in [0.29, 0.717) is 37.6 Å². The topological polar surface area (TPSA) is 305 Å². The Morgan fingerprint density at radius 1 is 0.902 bits per heavy atom. The Morgan fingerprint density at radius 2 is 1.61 bits per heavy atom. The molecular weight excluding hydrogens is 1320 g/mol. The number of carbonyl (C=O) groups is 2. The zero-order chi connectivity index (χ0) is 66.9. The fourth-order valence-corrected chi connectivity index (χ4v) is 17.0. The van der Waals surface area contributed by atoms with E-state index in [2.05, 4.69) is 154 Å². The molecule has 3 aliphatic rings. The minimum Gasteiger partial charge on any atom is -0.370 e. The Morgan fingerprint density at radius 3 is 2.34 bits per heavy atom. The van der Waals surface area contributed by atoms with Crippen molar-refractivity contribution in [2.24, 2.45) is 0 Å². The summed E-state index contributed by atoms with van der Waals surface area (Å²) in [7, 11) is -14.1. The number of fused-ring (bicyclic) bond motifs is 3. The first kappa shape index (κ1) is 75.2. The number of carbonyl (C=O) groups excluding carboxylic acids is 2. The van der Waals surface area contributed by atoms with Gasteiger partial charge in [-0.2, -0.15) is 18.2 Å². The number of ether oxygens (including phenoxy) is 3. The molecule has 0 aliphatic carbocycles. The predicted molar refractivity (Wildman–Crippen MR) is 369 cm³/mol. The molecule has 1 fully saturated rings. The first-order chi connectivity index (χ1) is 43.6. The van der Waals surface area contributed by atoms with E-state index >= 15 is 0 Å². The molecule has 3 unspecified atom stereocenters. The summed E-state index contributed by atoms with van der Waals surface area (Å²) >= 11 is 5.25. The number of benzene rings is 2. The average molecular weight is 1410 g/mol. The standard InChI is InChI=1S/C63H87N6O16P3S4/c1-8-67-51-31-20-19-30-49(51)62(3,4)55(67)32-15-11-16-33-56-63(5,6)50-39-45(2)34-35-52(50)68(56)36-22-12-14-27-48(71)29-21-24-38-90-91-43-80-37-23-10-9-13-26-47(70)28-18-17-25-46-41-69(59-58(46)60(72)66-61(64)65-59)57-40-53(81-44-92(7)89)54(83-57)42-82-87(76,77)85-88(78,79)84-86(73,74)75/h11,15-16,19-20,30-35,39,41,53-54,57H,8-10,12-14,18,21-24,26-29,36-38,40,42-44H2,1-7H3,(H6-,64,65,66,72,73,74,75,76,77,78,79)/p+1/t53-,54+,57+,92?/m0/s1. The number of anilines is 2. The predicted octanol–water partition coefficient (Wildman–Crippen LogP) is 12.5.